The second-order valence-electron chi connectivity index (χ2n) is 4.34. The smallest absolute Gasteiger partial charge is 0.143 e. The van der Waals surface area contributed by atoms with Crippen LogP contribution in [-0.2, 0) is 6.54 Å². The molecule has 0 atom stereocenters. The fourth-order valence-corrected chi connectivity index (χ4v) is 2.48. The Labute approximate surface area is 130 Å². The van der Waals surface area contributed by atoms with Gasteiger partial charge in [0.05, 0.1) is 21.9 Å². The lowest BCUT2D eigenvalue weighted by Crippen LogP contribution is -2.01. The normalized spacial score (nSPS) is 10.7. The molecule has 0 amide bonds. The van der Waals surface area contributed by atoms with E-state index in [1.807, 2.05) is 24.4 Å². The van der Waals surface area contributed by atoms with Gasteiger partial charge in [-0.3, -0.25) is 4.98 Å². The van der Waals surface area contributed by atoms with Crippen molar-refractivity contribution in [1.29, 1.82) is 0 Å². The van der Waals surface area contributed by atoms with Crippen molar-refractivity contribution < 1.29 is 0 Å². The van der Waals surface area contributed by atoms with Crippen LogP contribution in [0.5, 0.6) is 0 Å². The zero-order valence-electron chi connectivity index (χ0n) is 10.5. The lowest BCUT2D eigenvalue weighted by Gasteiger charge is -2.09. The maximum absolute atomic E-state index is 5.88. The molecule has 3 rings (SSSR count). The Morgan fingerprint density at radius 1 is 1.15 bits per heavy atom. The van der Waals surface area contributed by atoms with Gasteiger partial charge in [-0.2, -0.15) is 0 Å². The second-order valence-corrected chi connectivity index (χ2v) is 5.55. The Balaban J connectivity index is 1.85. The van der Waals surface area contributed by atoms with E-state index in [2.05, 4.69) is 49.4 Å². The highest BCUT2D eigenvalue weighted by atomic mass is 79.9. The lowest BCUT2D eigenvalue weighted by atomic mass is 10.1. The van der Waals surface area contributed by atoms with Gasteiger partial charge in [0.25, 0.3) is 0 Å². The van der Waals surface area contributed by atoms with Crippen molar-refractivity contribution in [2.45, 2.75) is 6.54 Å². The summed E-state index contributed by atoms with van der Waals surface area (Å²) < 4.78 is 0.778. The molecule has 20 heavy (non-hydrogen) atoms. The van der Waals surface area contributed by atoms with Crippen LogP contribution in [0.4, 0.5) is 5.69 Å². The lowest BCUT2D eigenvalue weighted by molar-refractivity contribution is 1.14. The summed E-state index contributed by atoms with van der Waals surface area (Å²) in [5.41, 5.74) is 3.08. The predicted octanol–water partition coefficient (Wildman–Crippen LogP) is 4.66. The molecule has 0 bridgehead atoms. The Hall–Kier alpha value is -1.65. The molecule has 3 nitrogen and oxygen atoms in total. The van der Waals surface area contributed by atoms with Crippen LogP contribution in [0.3, 0.4) is 0 Å². The number of halogens is 2. The topological polar surface area (TPSA) is 37.8 Å². The highest BCUT2D eigenvalue weighted by Gasteiger charge is 2.03. The van der Waals surface area contributed by atoms with Crippen molar-refractivity contribution in [2.75, 3.05) is 5.32 Å². The van der Waals surface area contributed by atoms with Gasteiger partial charge in [-0.25, -0.2) is 4.98 Å². The molecule has 0 fully saturated rings. The summed E-state index contributed by atoms with van der Waals surface area (Å²) in [5, 5.41) is 4.93. The second kappa shape index (κ2) is 5.77. The van der Waals surface area contributed by atoms with Crippen molar-refractivity contribution in [2.24, 2.45) is 0 Å². The third-order valence-electron chi connectivity index (χ3n) is 3.00. The molecule has 0 aliphatic carbocycles. The maximum Gasteiger partial charge on any atom is 0.143 e. The molecule has 1 N–H and O–H groups in total. The summed E-state index contributed by atoms with van der Waals surface area (Å²) in [6, 6.07) is 12.1. The average molecular weight is 349 g/mol. The molecule has 0 unspecified atom stereocenters. The monoisotopic (exact) mass is 347 g/mol. The van der Waals surface area contributed by atoms with Crippen LogP contribution in [-0.4, -0.2) is 9.97 Å². The van der Waals surface area contributed by atoms with Crippen molar-refractivity contribution in [3.8, 4) is 0 Å². The minimum atomic E-state index is 0.461. The van der Waals surface area contributed by atoms with Crippen molar-refractivity contribution >= 4 is 44.1 Å². The van der Waals surface area contributed by atoms with Crippen LogP contribution in [0.2, 0.25) is 5.15 Å². The SMILES string of the molecule is Clc1ncc(NCc2cccc3cccnc23)cc1Br. The Bertz CT molecular complexity index is 756. The molecule has 0 saturated carbocycles. The molecule has 2 heterocycles. The van der Waals surface area contributed by atoms with E-state index in [-0.39, 0.29) is 0 Å². The molecule has 0 aliphatic rings. The van der Waals surface area contributed by atoms with Gasteiger partial charge in [0.15, 0.2) is 0 Å². The van der Waals surface area contributed by atoms with E-state index in [0.717, 1.165) is 26.6 Å². The van der Waals surface area contributed by atoms with Crippen molar-refractivity contribution in [3.63, 3.8) is 0 Å². The van der Waals surface area contributed by atoms with Gasteiger partial charge >= 0.3 is 0 Å². The number of para-hydroxylation sites is 1. The molecular formula is C15H11BrClN3. The van der Waals surface area contributed by atoms with E-state index < -0.39 is 0 Å². The number of anilines is 1. The summed E-state index contributed by atoms with van der Waals surface area (Å²) >= 11 is 9.25. The van der Waals surface area contributed by atoms with E-state index in [0.29, 0.717) is 11.7 Å². The van der Waals surface area contributed by atoms with Crippen molar-refractivity contribution in [1.82, 2.24) is 9.97 Å². The predicted molar refractivity (Wildman–Crippen MR) is 86.0 cm³/mol. The molecule has 2 aromatic heterocycles. The number of benzene rings is 1. The first-order valence-electron chi connectivity index (χ1n) is 6.11. The summed E-state index contributed by atoms with van der Waals surface area (Å²) in [7, 11) is 0. The number of fused-ring (bicyclic) bond motifs is 1. The summed E-state index contributed by atoms with van der Waals surface area (Å²) in [6.07, 6.45) is 3.53. The molecule has 1 aromatic carbocycles. The van der Waals surface area contributed by atoms with Crippen LogP contribution in [0.1, 0.15) is 5.56 Å². The zero-order valence-corrected chi connectivity index (χ0v) is 12.8. The number of aromatic nitrogens is 2. The Morgan fingerprint density at radius 2 is 2.00 bits per heavy atom. The quantitative estimate of drug-likeness (QED) is 0.700. The van der Waals surface area contributed by atoms with Gasteiger partial charge in [-0.15, -0.1) is 0 Å². The highest BCUT2D eigenvalue weighted by molar-refractivity contribution is 9.10. The molecule has 0 aliphatic heterocycles. The van der Waals surface area contributed by atoms with Gasteiger partial charge in [-0.05, 0) is 33.6 Å². The van der Waals surface area contributed by atoms with Crippen LogP contribution >= 0.6 is 27.5 Å². The minimum absolute atomic E-state index is 0.461. The fourth-order valence-electron chi connectivity index (χ4n) is 2.03. The van der Waals surface area contributed by atoms with Crippen LogP contribution in [0.25, 0.3) is 10.9 Å². The number of pyridine rings is 2. The molecule has 0 saturated heterocycles. The van der Waals surface area contributed by atoms with Crippen LogP contribution < -0.4 is 5.32 Å². The Kier molecular flexibility index (Phi) is 3.85. The van der Waals surface area contributed by atoms with Gasteiger partial charge in [-0.1, -0.05) is 35.9 Å². The number of nitrogens with one attached hydrogen (secondary N) is 1. The number of hydrogen-bond donors (Lipinski definition) is 1. The summed E-state index contributed by atoms with van der Waals surface area (Å²) in [6.45, 7) is 0.685. The first-order chi connectivity index (χ1) is 9.74. The van der Waals surface area contributed by atoms with E-state index in [1.165, 1.54) is 0 Å². The first kappa shape index (κ1) is 13.3. The molecule has 0 radical (unpaired) electrons. The number of nitrogens with zero attached hydrogens (tertiary/aromatic N) is 2. The average Bonchev–Trinajstić information content (AvgIpc) is 2.48. The molecular weight excluding hydrogens is 338 g/mol. The third-order valence-corrected chi connectivity index (χ3v) is 4.13. The van der Waals surface area contributed by atoms with Gasteiger partial charge in [0, 0.05) is 18.1 Å². The Morgan fingerprint density at radius 3 is 2.85 bits per heavy atom. The van der Waals surface area contributed by atoms with E-state index >= 15 is 0 Å². The number of hydrogen-bond acceptors (Lipinski definition) is 3. The van der Waals surface area contributed by atoms with Crippen molar-refractivity contribution in [3.05, 3.63) is 64.0 Å². The fraction of sp³-hybridized carbons (Fsp3) is 0.0667. The standard InChI is InChI=1S/C15H11BrClN3/c16-13-7-12(9-20-15(13)17)19-8-11-4-1-3-10-5-2-6-18-14(10)11/h1-7,9,19H,8H2. The molecule has 0 spiro atoms. The highest BCUT2D eigenvalue weighted by Crippen LogP contribution is 2.24. The third kappa shape index (κ3) is 2.76. The van der Waals surface area contributed by atoms with E-state index in [1.54, 1.807) is 6.20 Å². The maximum atomic E-state index is 5.88. The van der Waals surface area contributed by atoms with Gasteiger partial charge in [0.1, 0.15) is 5.15 Å². The van der Waals surface area contributed by atoms with Crippen LogP contribution in [0, 0.1) is 0 Å². The van der Waals surface area contributed by atoms with E-state index in [4.69, 9.17) is 11.6 Å². The summed E-state index contributed by atoms with van der Waals surface area (Å²) in [5.74, 6) is 0. The molecule has 3 aromatic rings. The minimum Gasteiger partial charge on any atom is -0.380 e. The molecule has 5 heteroatoms. The largest absolute Gasteiger partial charge is 0.380 e. The zero-order chi connectivity index (χ0) is 13.9. The first-order valence-corrected chi connectivity index (χ1v) is 7.29. The van der Waals surface area contributed by atoms with Gasteiger partial charge in [0.2, 0.25) is 0 Å². The van der Waals surface area contributed by atoms with E-state index in [9.17, 15) is 0 Å². The summed E-state index contributed by atoms with van der Waals surface area (Å²) in [4.78, 5) is 8.53. The van der Waals surface area contributed by atoms with Gasteiger partial charge < -0.3 is 5.32 Å². The molecule has 100 valence electrons. The number of rotatable bonds is 3. The van der Waals surface area contributed by atoms with Crippen LogP contribution in [0.15, 0.2) is 53.3 Å².